The molecule has 26 heavy (non-hydrogen) atoms. The molecule has 5 nitrogen and oxygen atoms in total. The van der Waals surface area contributed by atoms with Crippen LogP contribution in [-0.2, 0) is 10.3 Å². The Bertz CT molecular complexity index is 881. The van der Waals surface area contributed by atoms with Gasteiger partial charge in [0.2, 0.25) is 0 Å². The first-order valence-corrected chi connectivity index (χ1v) is 8.50. The molecular weight excluding hydrogens is 408 g/mol. The molecule has 0 saturated heterocycles. The molecule has 8 heteroatoms. The Morgan fingerprint density at radius 2 is 1.85 bits per heavy atom. The minimum absolute atomic E-state index is 0.0126. The van der Waals surface area contributed by atoms with Gasteiger partial charge in [-0.1, -0.05) is 40.2 Å². The van der Waals surface area contributed by atoms with Crippen molar-refractivity contribution in [2.24, 2.45) is 10.7 Å². The van der Waals surface area contributed by atoms with Crippen LogP contribution in [0.3, 0.4) is 0 Å². The number of hydrogen-bond donors (Lipinski definition) is 1. The Morgan fingerprint density at radius 3 is 2.35 bits per heavy atom. The zero-order valence-electron chi connectivity index (χ0n) is 14.0. The van der Waals surface area contributed by atoms with Gasteiger partial charge in [0.05, 0.1) is 0 Å². The SMILES string of the molecule is CN1C(=O)C(c2ccc(OC(C)(F)F)cc2)(c2cccc(Br)c2)N=C1N. The smallest absolute Gasteiger partial charge is 0.394 e. The number of likely N-dealkylation sites (N-methyl/N-ethyl adjacent to an activating group) is 1. The van der Waals surface area contributed by atoms with E-state index in [4.69, 9.17) is 5.73 Å². The fourth-order valence-corrected chi connectivity index (χ4v) is 3.27. The van der Waals surface area contributed by atoms with Crippen LogP contribution < -0.4 is 10.5 Å². The molecule has 0 fully saturated rings. The minimum atomic E-state index is -3.30. The summed E-state index contributed by atoms with van der Waals surface area (Å²) in [4.78, 5) is 18.7. The van der Waals surface area contributed by atoms with Crippen molar-refractivity contribution in [1.29, 1.82) is 0 Å². The van der Waals surface area contributed by atoms with Crippen molar-refractivity contribution in [3.63, 3.8) is 0 Å². The third-order valence-corrected chi connectivity index (χ3v) is 4.54. The predicted molar refractivity (Wildman–Crippen MR) is 97.0 cm³/mol. The van der Waals surface area contributed by atoms with E-state index in [0.29, 0.717) is 18.1 Å². The quantitative estimate of drug-likeness (QED) is 0.818. The van der Waals surface area contributed by atoms with Crippen molar-refractivity contribution in [2.45, 2.75) is 18.6 Å². The van der Waals surface area contributed by atoms with Gasteiger partial charge < -0.3 is 10.5 Å². The summed E-state index contributed by atoms with van der Waals surface area (Å²) in [6.45, 7) is 0.657. The summed E-state index contributed by atoms with van der Waals surface area (Å²) in [6.07, 6.45) is -3.30. The second-order valence-corrected chi connectivity index (χ2v) is 6.90. The van der Waals surface area contributed by atoms with E-state index in [0.717, 1.165) is 4.47 Å². The maximum absolute atomic E-state index is 13.0. The summed E-state index contributed by atoms with van der Waals surface area (Å²) in [5.74, 6) is -0.264. The van der Waals surface area contributed by atoms with E-state index in [1.165, 1.54) is 36.2 Å². The van der Waals surface area contributed by atoms with E-state index in [-0.39, 0.29) is 17.6 Å². The van der Waals surface area contributed by atoms with Gasteiger partial charge in [0.1, 0.15) is 5.75 Å². The Morgan fingerprint density at radius 1 is 1.19 bits per heavy atom. The number of nitrogens with two attached hydrogens (primary N) is 1. The number of carbonyl (C=O) groups excluding carboxylic acids is 1. The molecule has 136 valence electrons. The Balaban J connectivity index is 2.13. The van der Waals surface area contributed by atoms with Crippen molar-refractivity contribution < 1.29 is 18.3 Å². The number of alkyl halides is 2. The number of guanidine groups is 1. The van der Waals surface area contributed by atoms with Crippen molar-refractivity contribution >= 4 is 27.8 Å². The second kappa shape index (κ2) is 6.35. The number of nitrogens with zero attached hydrogens (tertiary/aromatic N) is 2. The normalized spacial score (nSPS) is 20.3. The topological polar surface area (TPSA) is 67.9 Å². The number of rotatable bonds is 4. The highest BCUT2D eigenvalue weighted by Gasteiger charge is 2.49. The van der Waals surface area contributed by atoms with E-state index < -0.39 is 11.6 Å². The summed E-state index contributed by atoms with van der Waals surface area (Å²) in [7, 11) is 1.54. The van der Waals surface area contributed by atoms with Crippen LogP contribution in [0.15, 0.2) is 58.0 Å². The monoisotopic (exact) mass is 423 g/mol. The highest BCUT2D eigenvalue weighted by Crippen LogP contribution is 2.40. The summed E-state index contributed by atoms with van der Waals surface area (Å²) in [6, 6.07) is 13.0. The average molecular weight is 424 g/mol. The lowest BCUT2D eigenvalue weighted by Crippen LogP contribution is -2.41. The number of hydrogen-bond acceptors (Lipinski definition) is 4. The molecular formula is C18H16BrF2N3O2. The van der Waals surface area contributed by atoms with Crippen molar-refractivity contribution in [1.82, 2.24) is 4.90 Å². The summed E-state index contributed by atoms with van der Waals surface area (Å²) >= 11 is 3.39. The van der Waals surface area contributed by atoms with Crippen LogP contribution >= 0.6 is 15.9 Å². The zero-order chi connectivity index (χ0) is 19.1. The Hall–Kier alpha value is -2.48. The number of aliphatic imine (C=N–C) groups is 1. The first-order chi connectivity index (χ1) is 12.1. The molecule has 2 N–H and O–H groups in total. The molecule has 1 aliphatic rings. The summed E-state index contributed by atoms with van der Waals surface area (Å²) < 4.78 is 31.4. The molecule has 0 saturated carbocycles. The molecule has 2 aromatic rings. The fraction of sp³-hybridized carbons (Fsp3) is 0.222. The number of benzene rings is 2. The standard InChI is InChI=1S/C18H16BrF2N3O2/c1-17(20,21)26-14-8-6-11(7-9-14)18(12-4-3-5-13(19)10-12)15(25)24(2)16(22)23-18/h3-10H,1-2H3,(H2,22,23). The van der Waals surface area contributed by atoms with Gasteiger partial charge in [-0.15, -0.1) is 0 Å². The zero-order valence-corrected chi connectivity index (χ0v) is 15.6. The third kappa shape index (κ3) is 3.16. The van der Waals surface area contributed by atoms with Crippen molar-refractivity contribution in [3.8, 4) is 5.75 Å². The van der Waals surface area contributed by atoms with Crippen LogP contribution in [-0.4, -0.2) is 29.9 Å². The van der Waals surface area contributed by atoms with E-state index in [9.17, 15) is 13.6 Å². The van der Waals surface area contributed by atoms with Crippen molar-refractivity contribution in [2.75, 3.05) is 7.05 Å². The molecule has 3 rings (SSSR count). The summed E-state index contributed by atoms with van der Waals surface area (Å²) in [5.41, 5.74) is 5.62. The lowest BCUT2D eigenvalue weighted by Gasteiger charge is -2.26. The van der Waals surface area contributed by atoms with E-state index in [2.05, 4.69) is 25.7 Å². The molecule has 0 bridgehead atoms. The molecule has 1 amide bonds. The van der Waals surface area contributed by atoms with Crippen LogP contribution in [0.2, 0.25) is 0 Å². The van der Waals surface area contributed by atoms with Crippen molar-refractivity contribution in [3.05, 3.63) is 64.1 Å². The maximum atomic E-state index is 13.0. The van der Waals surface area contributed by atoms with Gasteiger partial charge in [0.25, 0.3) is 5.91 Å². The van der Waals surface area contributed by atoms with Gasteiger partial charge in [0, 0.05) is 18.4 Å². The van der Waals surface area contributed by atoms with Gasteiger partial charge in [-0.05, 0) is 35.4 Å². The van der Waals surface area contributed by atoms with Crippen LogP contribution in [0.25, 0.3) is 0 Å². The number of ether oxygens (including phenoxy) is 1. The minimum Gasteiger partial charge on any atom is -0.433 e. The van der Waals surface area contributed by atoms with Crippen LogP contribution in [0, 0.1) is 0 Å². The van der Waals surface area contributed by atoms with Gasteiger partial charge in [0.15, 0.2) is 11.5 Å². The number of amides is 1. The lowest BCUT2D eigenvalue weighted by molar-refractivity contribution is -0.159. The molecule has 1 atom stereocenters. The molecule has 0 radical (unpaired) electrons. The molecule has 0 aromatic heterocycles. The van der Waals surface area contributed by atoms with E-state index >= 15 is 0 Å². The fourth-order valence-electron chi connectivity index (χ4n) is 2.87. The van der Waals surface area contributed by atoms with Gasteiger partial charge >= 0.3 is 6.11 Å². The number of halogens is 3. The van der Waals surface area contributed by atoms with Crippen LogP contribution in [0.5, 0.6) is 5.75 Å². The highest BCUT2D eigenvalue weighted by atomic mass is 79.9. The number of carbonyl (C=O) groups is 1. The van der Waals surface area contributed by atoms with Crippen LogP contribution in [0.1, 0.15) is 18.1 Å². The predicted octanol–water partition coefficient (Wildman–Crippen LogP) is 3.47. The van der Waals surface area contributed by atoms with E-state index in [1.54, 1.807) is 18.2 Å². The molecule has 1 heterocycles. The molecule has 1 unspecified atom stereocenters. The second-order valence-electron chi connectivity index (χ2n) is 5.99. The lowest BCUT2D eigenvalue weighted by atomic mass is 9.83. The van der Waals surface area contributed by atoms with Gasteiger partial charge in [-0.2, -0.15) is 8.78 Å². The van der Waals surface area contributed by atoms with Gasteiger partial charge in [-0.25, -0.2) is 4.99 Å². The Kier molecular flexibility index (Phi) is 4.47. The third-order valence-electron chi connectivity index (χ3n) is 4.05. The molecule has 1 aliphatic heterocycles. The van der Waals surface area contributed by atoms with Crippen LogP contribution in [0.4, 0.5) is 8.78 Å². The average Bonchev–Trinajstić information content (AvgIpc) is 2.79. The molecule has 0 aliphatic carbocycles. The maximum Gasteiger partial charge on any atom is 0.394 e. The molecule has 2 aromatic carbocycles. The molecule has 0 spiro atoms. The first kappa shape index (κ1) is 18.3. The Labute approximate surface area is 157 Å². The van der Waals surface area contributed by atoms with E-state index in [1.807, 2.05) is 6.07 Å². The largest absolute Gasteiger partial charge is 0.433 e. The highest BCUT2D eigenvalue weighted by molar-refractivity contribution is 9.10. The first-order valence-electron chi connectivity index (χ1n) is 7.70. The summed E-state index contributed by atoms with van der Waals surface area (Å²) in [5, 5.41) is 0. The van der Waals surface area contributed by atoms with Gasteiger partial charge in [-0.3, -0.25) is 9.69 Å².